The Kier molecular flexibility index (Phi) is 4.41. The molecule has 0 aromatic heterocycles. The normalized spacial score (nSPS) is 13.2. The maximum atomic E-state index is 12.7. The molecule has 0 radical (unpaired) electrons. The van der Waals surface area contributed by atoms with Crippen molar-refractivity contribution in [2.75, 3.05) is 7.11 Å². The van der Waals surface area contributed by atoms with Crippen LogP contribution in [0.4, 0.5) is 39.5 Å². The molecule has 0 bridgehead atoms. The summed E-state index contributed by atoms with van der Waals surface area (Å²) in [7, 11) is 0.653. The smallest absolute Gasteiger partial charge is 0.417 e. The molecule has 0 spiro atoms. The van der Waals surface area contributed by atoms with Gasteiger partial charge in [-0.3, -0.25) is 0 Å². The van der Waals surface area contributed by atoms with Crippen molar-refractivity contribution in [2.24, 2.45) is 0 Å². The van der Waals surface area contributed by atoms with Gasteiger partial charge in [0.15, 0.2) is 0 Å². The maximum Gasteiger partial charge on any atom is 0.417 e. The van der Waals surface area contributed by atoms with Crippen LogP contribution in [0.2, 0.25) is 0 Å². The van der Waals surface area contributed by atoms with E-state index in [1.165, 1.54) is 0 Å². The summed E-state index contributed by atoms with van der Waals surface area (Å²) in [5, 5.41) is 0. The van der Waals surface area contributed by atoms with Crippen molar-refractivity contribution in [1.29, 1.82) is 0 Å². The van der Waals surface area contributed by atoms with Gasteiger partial charge in [0.25, 0.3) is 0 Å². The maximum absolute atomic E-state index is 12.7. The van der Waals surface area contributed by atoms with Gasteiger partial charge in [0.05, 0.1) is 29.4 Å². The molecule has 1 rings (SSSR count). The van der Waals surface area contributed by atoms with Crippen molar-refractivity contribution < 1.29 is 49.0 Å². The summed E-state index contributed by atoms with van der Waals surface area (Å²) < 4.78 is 118. The summed E-state index contributed by atoms with van der Waals surface area (Å²) >= 11 is 0. The van der Waals surface area contributed by atoms with Crippen LogP contribution in [0.5, 0.6) is 0 Å². The van der Waals surface area contributed by atoms with Crippen molar-refractivity contribution in [2.45, 2.75) is 18.5 Å². The van der Waals surface area contributed by atoms with Crippen LogP contribution >= 0.6 is 0 Å². The van der Waals surface area contributed by atoms with Crippen LogP contribution in [0.25, 0.3) is 0 Å². The number of halogens is 9. The van der Waals surface area contributed by atoms with E-state index in [9.17, 15) is 44.3 Å². The fourth-order valence-electron chi connectivity index (χ4n) is 1.63. The molecule has 0 heterocycles. The fourth-order valence-corrected chi connectivity index (χ4v) is 1.63. The van der Waals surface area contributed by atoms with E-state index in [4.69, 9.17) is 0 Å². The van der Waals surface area contributed by atoms with Crippen LogP contribution in [-0.2, 0) is 23.3 Å². The van der Waals surface area contributed by atoms with Gasteiger partial charge in [0.2, 0.25) is 0 Å². The molecule has 1 aromatic rings. The van der Waals surface area contributed by atoms with E-state index in [0.717, 1.165) is 0 Å². The summed E-state index contributed by atoms with van der Waals surface area (Å²) in [4.78, 5) is 11.1. The third-order valence-electron chi connectivity index (χ3n) is 2.45. The molecule has 0 aliphatic rings. The average Bonchev–Trinajstić information content (AvgIpc) is 2.33. The van der Waals surface area contributed by atoms with E-state index >= 15 is 0 Å². The molecule has 0 amide bonds. The van der Waals surface area contributed by atoms with Gasteiger partial charge in [-0.05, 0) is 12.1 Å². The molecule has 0 N–H and O–H groups in total. The Morgan fingerprint density at radius 1 is 0.818 bits per heavy atom. The van der Waals surface area contributed by atoms with Gasteiger partial charge in [-0.2, -0.15) is 39.5 Å². The number of methoxy groups -OCH3 is 1. The Bertz CT molecular complexity index is 546. The number of rotatable bonds is 1. The van der Waals surface area contributed by atoms with Gasteiger partial charge in [0.1, 0.15) is 0 Å². The van der Waals surface area contributed by atoms with Gasteiger partial charge < -0.3 is 4.74 Å². The van der Waals surface area contributed by atoms with Crippen molar-refractivity contribution in [3.8, 4) is 0 Å². The highest BCUT2D eigenvalue weighted by atomic mass is 19.4. The SMILES string of the molecule is COC(=O)c1cc(C(F)(F)F)c(C(F)(F)F)c(C(F)(F)F)c1. The minimum absolute atomic E-state index is 0.329. The van der Waals surface area contributed by atoms with Crippen molar-refractivity contribution >= 4 is 5.97 Å². The minimum Gasteiger partial charge on any atom is -0.465 e. The first-order valence-corrected chi connectivity index (χ1v) is 5.17. The van der Waals surface area contributed by atoms with E-state index in [-0.39, 0.29) is 12.1 Å². The first kappa shape index (κ1) is 18.1. The van der Waals surface area contributed by atoms with Crippen LogP contribution in [0, 0.1) is 0 Å². The van der Waals surface area contributed by atoms with Gasteiger partial charge in [0, 0.05) is 0 Å². The molecule has 2 nitrogen and oxygen atoms in total. The highest BCUT2D eigenvalue weighted by Gasteiger charge is 2.50. The summed E-state index contributed by atoms with van der Waals surface area (Å²) in [5.41, 5.74) is -9.43. The van der Waals surface area contributed by atoms with E-state index in [2.05, 4.69) is 4.74 Å². The van der Waals surface area contributed by atoms with Crippen LogP contribution in [0.15, 0.2) is 12.1 Å². The van der Waals surface area contributed by atoms with E-state index in [1.807, 2.05) is 0 Å². The lowest BCUT2D eigenvalue weighted by atomic mass is 9.96. The summed E-state index contributed by atoms with van der Waals surface area (Å²) in [5.74, 6) is -1.63. The third kappa shape index (κ3) is 3.63. The second-order valence-corrected chi connectivity index (χ2v) is 3.93. The molecule has 124 valence electrons. The summed E-state index contributed by atoms with van der Waals surface area (Å²) in [6, 6.07) is -0.659. The molecular formula is C11H5F9O2. The lowest BCUT2D eigenvalue weighted by Gasteiger charge is -2.21. The lowest BCUT2D eigenvalue weighted by Crippen LogP contribution is -2.24. The van der Waals surface area contributed by atoms with Crippen molar-refractivity contribution in [3.63, 3.8) is 0 Å². The topological polar surface area (TPSA) is 26.3 Å². The number of ether oxygens (including phenoxy) is 1. The van der Waals surface area contributed by atoms with Gasteiger partial charge in [-0.25, -0.2) is 4.79 Å². The van der Waals surface area contributed by atoms with Gasteiger partial charge >= 0.3 is 24.5 Å². The molecule has 0 atom stereocenters. The molecular weight excluding hydrogens is 335 g/mol. The van der Waals surface area contributed by atoms with Gasteiger partial charge in [-0.1, -0.05) is 0 Å². The predicted octanol–water partition coefficient (Wildman–Crippen LogP) is 4.53. The lowest BCUT2D eigenvalue weighted by molar-refractivity contribution is -0.174. The molecule has 22 heavy (non-hydrogen) atoms. The quantitative estimate of drug-likeness (QED) is 0.555. The summed E-state index contributed by atoms with van der Waals surface area (Å²) in [6.45, 7) is 0. The second kappa shape index (κ2) is 5.36. The molecule has 0 fully saturated rings. The molecule has 0 saturated heterocycles. The van der Waals surface area contributed by atoms with E-state index < -0.39 is 46.8 Å². The van der Waals surface area contributed by atoms with Crippen LogP contribution in [-0.4, -0.2) is 13.1 Å². The number of carbonyl (C=O) groups excluding carboxylic acids is 1. The molecule has 11 heteroatoms. The summed E-state index contributed by atoms with van der Waals surface area (Å²) in [6.07, 6.45) is -17.4. The Balaban J connectivity index is 3.91. The van der Waals surface area contributed by atoms with E-state index in [0.29, 0.717) is 7.11 Å². The number of alkyl halides is 9. The largest absolute Gasteiger partial charge is 0.465 e. The number of hydrogen-bond donors (Lipinski definition) is 0. The standard InChI is InChI=1S/C11H5F9O2/c1-22-8(21)4-2-5(9(12,13)14)7(11(18,19)20)6(3-4)10(15,16)17/h2-3H,1H3. The van der Waals surface area contributed by atoms with Crippen LogP contribution < -0.4 is 0 Å². The minimum atomic E-state index is -5.93. The monoisotopic (exact) mass is 340 g/mol. The highest BCUT2D eigenvalue weighted by Crippen LogP contribution is 2.47. The Morgan fingerprint density at radius 3 is 1.41 bits per heavy atom. The Labute approximate surface area is 116 Å². The number of benzene rings is 1. The second-order valence-electron chi connectivity index (χ2n) is 3.93. The van der Waals surface area contributed by atoms with Crippen molar-refractivity contribution in [1.82, 2.24) is 0 Å². The van der Waals surface area contributed by atoms with Crippen LogP contribution in [0.3, 0.4) is 0 Å². The molecule has 0 unspecified atom stereocenters. The van der Waals surface area contributed by atoms with Crippen LogP contribution in [0.1, 0.15) is 27.0 Å². The number of esters is 1. The Morgan fingerprint density at radius 2 is 1.18 bits per heavy atom. The van der Waals surface area contributed by atoms with Gasteiger partial charge in [-0.15, -0.1) is 0 Å². The zero-order valence-electron chi connectivity index (χ0n) is 10.4. The fraction of sp³-hybridized carbons (Fsp3) is 0.364. The molecule has 0 aliphatic carbocycles. The average molecular weight is 340 g/mol. The first-order valence-electron chi connectivity index (χ1n) is 5.17. The predicted molar refractivity (Wildman–Crippen MR) is 52.8 cm³/mol. The first-order chi connectivity index (χ1) is 9.69. The third-order valence-corrected chi connectivity index (χ3v) is 2.45. The molecule has 0 saturated carbocycles. The zero-order valence-corrected chi connectivity index (χ0v) is 10.4. The Hall–Kier alpha value is -1.94. The van der Waals surface area contributed by atoms with E-state index in [1.54, 1.807) is 0 Å². The molecule has 1 aromatic carbocycles. The molecule has 0 aliphatic heterocycles. The van der Waals surface area contributed by atoms with Crippen molar-refractivity contribution in [3.05, 3.63) is 34.4 Å². The zero-order chi connectivity index (χ0) is 17.5. The number of hydrogen-bond acceptors (Lipinski definition) is 2. The highest BCUT2D eigenvalue weighted by molar-refractivity contribution is 5.90. The number of carbonyl (C=O) groups is 1.